The lowest BCUT2D eigenvalue weighted by Gasteiger charge is -2.20. The van der Waals surface area contributed by atoms with E-state index in [4.69, 9.17) is 5.73 Å². The molecule has 1 fully saturated rings. The Hall–Kier alpha value is -1.35. The summed E-state index contributed by atoms with van der Waals surface area (Å²) >= 11 is 1.68. The molecule has 1 aliphatic rings. The van der Waals surface area contributed by atoms with Crippen molar-refractivity contribution in [2.24, 2.45) is 5.73 Å². The summed E-state index contributed by atoms with van der Waals surface area (Å²) in [7, 11) is 1.99. The highest BCUT2D eigenvalue weighted by Crippen LogP contribution is 2.16. The van der Waals surface area contributed by atoms with Crippen molar-refractivity contribution >= 4 is 17.2 Å². The highest BCUT2D eigenvalue weighted by molar-refractivity contribution is 7.10. The lowest BCUT2D eigenvalue weighted by atomic mass is 10.3. The van der Waals surface area contributed by atoms with Gasteiger partial charge in [0.2, 0.25) is 5.91 Å². The number of carbonyl (C=O) groups excluding carboxylic acids is 1. The van der Waals surface area contributed by atoms with Gasteiger partial charge in [0, 0.05) is 35.5 Å². The third kappa shape index (κ3) is 4.34. The summed E-state index contributed by atoms with van der Waals surface area (Å²) in [5, 5.41) is 2.04. The number of likely N-dealkylation sites (N-methyl/N-ethyl adjacent to an activating group) is 1. The first kappa shape index (κ1) is 15.0. The maximum atomic E-state index is 12.0. The molecule has 0 saturated carbocycles. The number of likely N-dealkylation sites (tertiary alicyclic amines) is 1. The zero-order chi connectivity index (χ0) is 14.4. The minimum Gasteiger partial charge on any atom is -0.342 e. The summed E-state index contributed by atoms with van der Waals surface area (Å²) in [6.07, 6.45) is 2.28. The van der Waals surface area contributed by atoms with E-state index in [1.807, 2.05) is 17.3 Å². The second kappa shape index (κ2) is 7.44. The van der Waals surface area contributed by atoms with Crippen LogP contribution in [0.4, 0.5) is 0 Å². The molecule has 1 aliphatic heterocycles. The second-order valence-corrected chi connectivity index (χ2v) is 6.06. The summed E-state index contributed by atoms with van der Waals surface area (Å²) in [5.41, 5.74) is 6.37. The predicted octanol–water partition coefficient (Wildman–Crippen LogP) is 1.11. The molecule has 4 nitrogen and oxygen atoms in total. The quantitative estimate of drug-likeness (QED) is 0.846. The van der Waals surface area contributed by atoms with Gasteiger partial charge in [-0.05, 0) is 26.0 Å². The SMILES string of the molecule is CN(CC(=O)N1CCCC1)Cc1cc(C#CCN)cs1. The number of hydrogen-bond donors (Lipinski definition) is 1. The highest BCUT2D eigenvalue weighted by atomic mass is 32.1. The Morgan fingerprint density at radius 3 is 2.95 bits per heavy atom. The Bertz CT molecular complexity index is 509. The Labute approximate surface area is 124 Å². The summed E-state index contributed by atoms with van der Waals surface area (Å²) in [5.74, 6) is 6.12. The lowest BCUT2D eigenvalue weighted by molar-refractivity contribution is -0.131. The van der Waals surface area contributed by atoms with Gasteiger partial charge in [0.25, 0.3) is 0 Å². The summed E-state index contributed by atoms with van der Waals surface area (Å²) in [6.45, 7) is 3.50. The Balaban J connectivity index is 1.82. The molecular weight excluding hydrogens is 270 g/mol. The topological polar surface area (TPSA) is 49.6 Å². The molecule has 2 N–H and O–H groups in total. The van der Waals surface area contributed by atoms with E-state index in [1.54, 1.807) is 11.3 Å². The number of thiophene rings is 1. The van der Waals surface area contributed by atoms with Crippen LogP contribution in [0.25, 0.3) is 0 Å². The van der Waals surface area contributed by atoms with Gasteiger partial charge in [-0.3, -0.25) is 9.69 Å². The van der Waals surface area contributed by atoms with Crippen LogP contribution in [0.5, 0.6) is 0 Å². The molecule has 0 spiro atoms. The van der Waals surface area contributed by atoms with Crippen molar-refractivity contribution in [3.63, 3.8) is 0 Å². The van der Waals surface area contributed by atoms with E-state index in [1.165, 1.54) is 4.88 Å². The minimum atomic E-state index is 0.240. The molecule has 108 valence electrons. The largest absolute Gasteiger partial charge is 0.342 e. The summed E-state index contributed by atoms with van der Waals surface area (Å²) in [4.78, 5) is 17.3. The van der Waals surface area contributed by atoms with Crippen molar-refractivity contribution in [3.8, 4) is 11.8 Å². The van der Waals surface area contributed by atoms with Crippen molar-refractivity contribution in [2.45, 2.75) is 19.4 Å². The van der Waals surface area contributed by atoms with Gasteiger partial charge in [0.05, 0.1) is 13.1 Å². The van der Waals surface area contributed by atoms with Crippen molar-refractivity contribution in [1.29, 1.82) is 0 Å². The molecule has 0 aliphatic carbocycles. The summed E-state index contributed by atoms with van der Waals surface area (Å²) in [6, 6.07) is 2.07. The molecular formula is C15H21N3OS. The molecule has 1 amide bonds. The first-order valence-electron chi connectivity index (χ1n) is 6.91. The minimum absolute atomic E-state index is 0.240. The van der Waals surface area contributed by atoms with E-state index >= 15 is 0 Å². The molecule has 0 unspecified atom stereocenters. The van der Waals surface area contributed by atoms with Crippen LogP contribution < -0.4 is 5.73 Å². The average molecular weight is 291 g/mol. The van der Waals surface area contributed by atoms with E-state index in [0.29, 0.717) is 13.1 Å². The Morgan fingerprint density at radius 1 is 1.50 bits per heavy atom. The van der Waals surface area contributed by atoms with Gasteiger partial charge in [-0.25, -0.2) is 0 Å². The molecule has 20 heavy (non-hydrogen) atoms. The smallest absolute Gasteiger partial charge is 0.236 e. The van der Waals surface area contributed by atoms with E-state index in [2.05, 4.69) is 22.8 Å². The van der Waals surface area contributed by atoms with Crippen LogP contribution >= 0.6 is 11.3 Å². The van der Waals surface area contributed by atoms with E-state index in [0.717, 1.165) is 38.0 Å². The standard InChI is InChI=1S/C15H21N3OS/c1-17(11-15(19)18-7-2-3-8-18)10-14-9-13(12-20-14)5-4-6-16/h9,12H,2-3,6-8,10-11,16H2,1H3. The van der Waals surface area contributed by atoms with Crippen LogP contribution in [0.2, 0.25) is 0 Å². The fourth-order valence-electron chi connectivity index (χ4n) is 2.30. The molecule has 1 aromatic rings. The molecule has 0 aromatic carbocycles. The zero-order valence-corrected chi connectivity index (χ0v) is 12.7. The zero-order valence-electron chi connectivity index (χ0n) is 11.9. The number of rotatable bonds is 4. The monoisotopic (exact) mass is 291 g/mol. The number of amides is 1. The van der Waals surface area contributed by atoms with Crippen molar-refractivity contribution in [2.75, 3.05) is 33.2 Å². The molecule has 0 bridgehead atoms. The van der Waals surface area contributed by atoms with Crippen molar-refractivity contribution in [1.82, 2.24) is 9.80 Å². The fraction of sp³-hybridized carbons (Fsp3) is 0.533. The predicted molar refractivity (Wildman–Crippen MR) is 82.4 cm³/mol. The van der Waals surface area contributed by atoms with Gasteiger partial charge >= 0.3 is 0 Å². The maximum Gasteiger partial charge on any atom is 0.236 e. The fourth-order valence-corrected chi connectivity index (χ4v) is 3.20. The average Bonchev–Trinajstić information content (AvgIpc) is 3.07. The first-order chi connectivity index (χ1) is 9.69. The normalized spacial score (nSPS) is 14.4. The number of nitrogens with zero attached hydrogens (tertiary/aromatic N) is 2. The third-order valence-electron chi connectivity index (χ3n) is 3.28. The maximum absolute atomic E-state index is 12.0. The van der Waals surface area contributed by atoms with E-state index < -0.39 is 0 Å². The lowest BCUT2D eigenvalue weighted by Crippen LogP contribution is -2.36. The van der Waals surface area contributed by atoms with Gasteiger partial charge in [-0.15, -0.1) is 11.3 Å². The molecule has 0 radical (unpaired) electrons. The second-order valence-electron chi connectivity index (χ2n) is 5.07. The van der Waals surface area contributed by atoms with Gasteiger partial charge < -0.3 is 10.6 Å². The number of nitrogens with two attached hydrogens (primary N) is 1. The van der Waals surface area contributed by atoms with Crippen molar-refractivity contribution < 1.29 is 4.79 Å². The van der Waals surface area contributed by atoms with Gasteiger partial charge in [-0.1, -0.05) is 11.8 Å². The first-order valence-corrected chi connectivity index (χ1v) is 7.79. The molecule has 2 rings (SSSR count). The molecule has 1 saturated heterocycles. The number of hydrogen-bond acceptors (Lipinski definition) is 4. The highest BCUT2D eigenvalue weighted by Gasteiger charge is 2.19. The van der Waals surface area contributed by atoms with Crippen LogP contribution in [0.15, 0.2) is 11.4 Å². The third-order valence-corrected chi connectivity index (χ3v) is 4.20. The molecule has 0 atom stereocenters. The van der Waals surface area contributed by atoms with E-state index in [-0.39, 0.29) is 5.91 Å². The van der Waals surface area contributed by atoms with Crippen LogP contribution in [0.3, 0.4) is 0 Å². The Morgan fingerprint density at radius 2 is 2.25 bits per heavy atom. The van der Waals surface area contributed by atoms with Gasteiger partial charge in [0.1, 0.15) is 0 Å². The van der Waals surface area contributed by atoms with Crippen LogP contribution in [0, 0.1) is 11.8 Å². The van der Waals surface area contributed by atoms with Crippen molar-refractivity contribution in [3.05, 3.63) is 21.9 Å². The molecule has 1 aromatic heterocycles. The molecule has 5 heteroatoms. The number of carbonyl (C=O) groups is 1. The van der Waals surface area contributed by atoms with Crippen LogP contribution in [0.1, 0.15) is 23.3 Å². The summed E-state index contributed by atoms with van der Waals surface area (Å²) < 4.78 is 0. The van der Waals surface area contributed by atoms with Gasteiger partial charge in [0.15, 0.2) is 0 Å². The molecule has 2 heterocycles. The Kier molecular flexibility index (Phi) is 5.60. The van der Waals surface area contributed by atoms with Crippen LogP contribution in [-0.2, 0) is 11.3 Å². The van der Waals surface area contributed by atoms with Gasteiger partial charge in [-0.2, -0.15) is 0 Å². The van der Waals surface area contributed by atoms with E-state index in [9.17, 15) is 4.79 Å². The van der Waals surface area contributed by atoms with Crippen LogP contribution in [-0.4, -0.2) is 48.9 Å².